The van der Waals surface area contributed by atoms with Crippen LogP contribution in [0.3, 0.4) is 0 Å². The molecule has 2 aromatic rings. The molecule has 0 N–H and O–H groups in total. The predicted octanol–water partition coefficient (Wildman–Crippen LogP) is 4.15. The second-order valence-electron chi connectivity index (χ2n) is 4.91. The van der Waals surface area contributed by atoms with Crippen LogP contribution in [0.5, 0.6) is 0 Å². The summed E-state index contributed by atoms with van der Waals surface area (Å²) < 4.78 is 13.2. The molecule has 1 aliphatic heterocycles. The molecule has 2 aromatic carbocycles. The molecule has 1 aliphatic rings. The van der Waals surface area contributed by atoms with E-state index in [1.165, 1.54) is 16.5 Å². The summed E-state index contributed by atoms with van der Waals surface area (Å²) in [5.41, 5.74) is 2.37. The van der Waals surface area contributed by atoms with Crippen LogP contribution in [-0.4, -0.2) is 19.3 Å². The first-order valence-corrected chi connectivity index (χ1v) is 7.41. The summed E-state index contributed by atoms with van der Waals surface area (Å²) in [5.74, 6) is 1.46. The molecule has 0 fully saturated rings. The Bertz CT molecular complexity index is 584. The summed E-state index contributed by atoms with van der Waals surface area (Å²) in [6, 6.07) is 15.4. The fourth-order valence-corrected chi connectivity index (χ4v) is 3.77. The highest BCUT2D eigenvalue weighted by atomic mass is 32.2. The van der Waals surface area contributed by atoms with Gasteiger partial charge in [0.2, 0.25) is 0 Å². The highest BCUT2D eigenvalue weighted by molar-refractivity contribution is 7.99. The smallest absolute Gasteiger partial charge is 0.125 e. The molecule has 0 aromatic heterocycles. The van der Waals surface area contributed by atoms with Gasteiger partial charge in [0.1, 0.15) is 5.82 Å². The van der Waals surface area contributed by atoms with Gasteiger partial charge in [-0.05, 0) is 29.8 Å². The molecule has 0 amide bonds. The van der Waals surface area contributed by atoms with Gasteiger partial charge in [-0.2, -0.15) is 0 Å². The van der Waals surface area contributed by atoms with Crippen molar-refractivity contribution in [3.63, 3.8) is 0 Å². The molecule has 0 bridgehead atoms. The summed E-state index contributed by atoms with van der Waals surface area (Å²) in [7, 11) is 2.03. The first kappa shape index (κ1) is 12.5. The number of rotatable bonds is 3. The summed E-state index contributed by atoms with van der Waals surface area (Å²) in [4.78, 5) is 3.52. The van der Waals surface area contributed by atoms with Gasteiger partial charge in [0.25, 0.3) is 0 Å². The number of hydrogen-bond acceptors (Lipinski definition) is 2. The Morgan fingerprint density at radius 1 is 1.21 bits per heavy atom. The Morgan fingerprint density at radius 3 is 2.89 bits per heavy atom. The van der Waals surface area contributed by atoms with Crippen LogP contribution in [0.25, 0.3) is 0 Å². The number of fused-ring (bicyclic) bond motifs is 1. The summed E-state index contributed by atoms with van der Waals surface area (Å²) in [6.45, 7) is 0.924. The predicted molar refractivity (Wildman–Crippen MR) is 79.6 cm³/mol. The van der Waals surface area contributed by atoms with E-state index in [2.05, 4.69) is 29.2 Å². The van der Waals surface area contributed by atoms with E-state index in [1.54, 1.807) is 12.1 Å². The zero-order valence-corrected chi connectivity index (χ0v) is 11.7. The zero-order valence-electron chi connectivity index (χ0n) is 10.8. The Morgan fingerprint density at radius 2 is 2.05 bits per heavy atom. The highest BCUT2D eigenvalue weighted by Gasteiger charge is 2.23. The highest BCUT2D eigenvalue weighted by Crippen LogP contribution is 2.39. The quantitative estimate of drug-likeness (QED) is 0.826. The molecule has 19 heavy (non-hydrogen) atoms. The molecule has 3 rings (SSSR count). The molecule has 98 valence electrons. The van der Waals surface area contributed by atoms with E-state index in [1.807, 2.05) is 24.9 Å². The maximum absolute atomic E-state index is 13.2. The van der Waals surface area contributed by atoms with Crippen molar-refractivity contribution in [1.29, 1.82) is 0 Å². The van der Waals surface area contributed by atoms with Crippen molar-refractivity contribution in [1.82, 2.24) is 0 Å². The van der Waals surface area contributed by atoms with Crippen LogP contribution in [0.1, 0.15) is 11.5 Å². The molecule has 0 saturated heterocycles. The Kier molecular flexibility index (Phi) is 3.47. The van der Waals surface area contributed by atoms with Crippen LogP contribution in [0.15, 0.2) is 53.4 Å². The maximum atomic E-state index is 13.2. The summed E-state index contributed by atoms with van der Waals surface area (Å²) in [6.07, 6.45) is 0. The van der Waals surface area contributed by atoms with Gasteiger partial charge >= 0.3 is 0 Å². The molecule has 1 heterocycles. The van der Waals surface area contributed by atoms with Crippen molar-refractivity contribution >= 4 is 17.4 Å². The van der Waals surface area contributed by atoms with Gasteiger partial charge in [-0.1, -0.05) is 24.3 Å². The molecular formula is C16H16FNS. The first-order chi connectivity index (χ1) is 9.24. The topological polar surface area (TPSA) is 3.24 Å². The normalized spacial score (nSPS) is 17.3. The lowest BCUT2D eigenvalue weighted by molar-refractivity contribution is 0.626. The van der Waals surface area contributed by atoms with Gasteiger partial charge < -0.3 is 4.90 Å². The van der Waals surface area contributed by atoms with Gasteiger partial charge in [-0.3, -0.25) is 0 Å². The lowest BCUT2D eigenvalue weighted by Crippen LogP contribution is -2.24. The fourth-order valence-electron chi connectivity index (χ4n) is 2.53. The number of thioether (sulfide) groups is 1. The minimum absolute atomic E-state index is 0.175. The van der Waals surface area contributed by atoms with Crippen LogP contribution < -0.4 is 4.90 Å². The monoisotopic (exact) mass is 273 g/mol. The van der Waals surface area contributed by atoms with Gasteiger partial charge in [-0.25, -0.2) is 4.39 Å². The molecule has 1 nitrogen and oxygen atoms in total. The molecule has 0 aliphatic carbocycles. The average molecular weight is 273 g/mol. The number of nitrogens with zero attached hydrogens (tertiary/aromatic N) is 1. The van der Waals surface area contributed by atoms with Crippen molar-refractivity contribution in [2.75, 3.05) is 24.2 Å². The standard InChI is InChI=1S/C16H16FNS/c1-18(14-6-4-5-13(17)9-14)10-12-11-19-16-8-3-2-7-15(12)16/h2-9,12H,10-11H2,1H3. The number of hydrogen-bond donors (Lipinski definition) is 0. The fraction of sp³-hybridized carbons (Fsp3) is 0.250. The lowest BCUT2D eigenvalue weighted by atomic mass is 10.0. The Labute approximate surface area is 117 Å². The third kappa shape index (κ3) is 2.61. The van der Waals surface area contributed by atoms with Crippen LogP contribution >= 0.6 is 11.8 Å². The van der Waals surface area contributed by atoms with E-state index >= 15 is 0 Å². The van der Waals surface area contributed by atoms with E-state index < -0.39 is 0 Å². The lowest BCUT2D eigenvalue weighted by Gasteiger charge is -2.23. The van der Waals surface area contributed by atoms with Gasteiger partial charge in [0.05, 0.1) is 0 Å². The first-order valence-electron chi connectivity index (χ1n) is 6.42. The maximum Gasteiger partial charge on any atom is 0.125 e. The van der Waals surface area contributed by atoms with Crippen molar-refractivity contribution in [2.45, 2.75) is 10.8 Å². The van der Waals surface area contributed by atoms with Crippen molar-refractivity contribution in [3.8, 4) is 0 Å². The van der Waals surface area contributed by atoms with Crippen LogP contribution in [-0.2, 0) is 0 Å². The van der Waals surface area contributed by atoms with E-state index in [4.69, 9.17) is 0 Å². The minimum atomic E-state index is -0.175. The Hall–Kier alpha value is -1.48. The molecule has 0 saturated carbocycles. The van der Waals surface area contributed by atoms with Crippen molar-refractivity contribution in [2.24, 2.45) is 0 Å². The molecule has 1 unspecified atom stereocenters. The van der Waals surface area contributed by atoms with Crippen LogP contribution in [0, 0.1) is 5.82 Å². The molecule has 1 atom stereocenters. The number of anilines is 1. The van der Waals surface area contributed by atoms with E-state index in [-0.39, 0.29) is 5.82 Å². The van der Waals surface area contributed by atoms with Crippen LogP contribution in [0.4, 0.5) is 10.1 Å². The second kappa shape index (κ2) is 5.25. The number of halogens is 1. The Balaban J connectivity index is 1.76. The van der Waals surface area contributed by atoms with Gasteiger partial charge in [0.15, 0.2) is 0 Å². The molecule has 0 spiro atoms. The second-order valence-corrected chi connectivity index (χ2v) is 5.97. The average Bonchev–Trinajstić information content (AvgIpc) is 2.82. The van der Waals surface area contributed by atoms with E-state index in [9.17, 15) is 4.39 Å². The number of benzene rings is 2. The molecule has 3 heteroatoms. The van der Waals surface area contributed by atoms with Crippen molar-refractivity contribution < 1.29 is 4.39 Å². The van der Waals surface area contributed by atoms with Gasteiger partial charge in [-0.15, -0.1) is 11.8 Å². The summed E-state index contributed by atoms with van der Waals surface area (Å²) >= 11 is 1.92. The third-order valence-corrected chi connectivity index (χ3v) is 4.79. The number of likely N-dealkylation sites (N-methyl/N-ethyl adjacent to an activating group) is 1. The third-order valence-electron chi connectivity index (χ3n) is 3.54. The SMILES string of the molecule is CN(CC1CSc2ccccc21)c1cccc(F)c1. The van der Waals surface area contributed by atoms with Crippen molar-refractivity contribution in [3.05, 3.63) is 59.9 Å². The van der Waals surface area contributed by atoms with Crippen LogP contribution in [0.2, 0.25) is 0 Å². The van der Waals surface area contributed by atoms with Gasteiger partial charge in [0, 0.05) is 35.8 Å². The summed E-state index contributed by atoms with van der Waals surface area (Å²) in [5, 5.41) is 0. The largest absolute Gasteiger partial charge is 0.374 e. The molecule has 0 radical (unpaired) electrons. The van der Waals surface area contributed by atoms with E-state index in [0.29, 0.717) is 5.92 Å². The zero-order chi connectivity index (χ0) is 13.2. The molecular weight excluding hydrogens is 257 g/mol. The van der Waals surface area contributed by atoms with E-state index in [0.717, 1.165) is 18.0 Å². The minimum Gasteiger partial charge on any atom is -0.374 e.